The second-order valence-corrected chi connectivity index (χ2v) is 8.99. The first-order chi connectivity index (χ1) is 11.8. The first-order valence-electron chi connectivity index (χ1n) is 8.77. The summed E-state index contributed by atoms with van der Waals surface area (Å²) >= 11 is 5.38. The van der Waals surface area contributed by atoms with Gasteiger partial charge in [-0.1, -0.05) is 13.3 Å². The van der Waals surface area contributed by atoms with Crippen LogP contribution in [0.4, 0.5) is 0 Å². The summed E-state index contributed by atoms with van der Waals surface area (Å²) < 4.78 is 10.4. The van der Waals surface area contributed by atoms with Crippen LogP contribution in [0.2, 0.25) is 0 Å². The SMILES string of the molecule is CCCCc1nc2cnc3cc(Br)sc3c2n1CC1CCOCC1. The van der Waals surface area contributed by atoms with Gasteiger partial charge in [0.1, 0.15) is 11.3 Å². The third-order valence-electron chi connectivity index (χ3n) is 4.83. The first kappa shape index (κ1) is 16.5. The molecule has 128 valence electrons. The van der Waals surface area contributed by atoms with Gasteiger partial charge in [-0.15, -0.1) is 11.3 Å². The van der Waals surface area contributed by atoms with Gasteiger partial charge in [-0.3, -0.25) is 4.98 Å². The number of aromatic nitrogens is 3. The minimum Gasteiger partial charge on any atom is -0.381 e. The minimum absolute atomic E-state index is 0.683. The molecule has 4 rings (SSSR count). The zero-order valence-electron chi connectivity index (χ0n) is 13.9. The summed E-state index contributed by atoms with van der Waals surface area (Å²) in [6.45, 7) is 5.07. The van der Waals surface area contributed by atoms with E-state index in [-0.39, 0.29) is 0 Å². The fourth-order valence-electron chi connectivity index (χ4n) is 3.51. The quantitative estimate of drug-likeness (QED) is 0.584. The highest BCUT2D eigenvalue weighted by molar-refractivity contribution is 9.11. The number of imidazole rings is 1. The fourth-order valence-corrected chi connectivity index (χ4v) is 5.10. The molecule has 0 bridgehead atoms. The van der Waals surface area contributed by atoms with Gasteiger partial charge in [0, 0.05) is 26.2 Å². The van der Waals surface area contributed by atoms with Crippen LogP contribution in [-0.2, 0) is 17.7 Å². The van der Waals surface area contributed by atoms with Gasteiger partial charge in [-0.05, 0) is 47.2 Å². The normalized spacial score (nSPS) is 16.4. The second-order valence-electron chi connectivity index (χ2n) is 6.55. The summed E-state index contributed by atoms with van der Waals surface area (Å²) in [4.78, 5) is 9.53. The standard InChI is InChI=1S/C18H22BrN3OS/c1-2-3-4-16-21-14-10-20-13-9-15(19)24-18(13)17(14)22(16)11-12-5-7-23-8-6-12/h9-10,12H,2-8,11H2,1H3. The lowest BCUT2D eigenvalue weighted by molar-refractivity contribution is 0.0613. The monoisotopic (exact) mass is 407 g/mol. The molecule has 0 spiro atoms. The van der Waals surface area contributed by atoms with Crippen molar-refractivity contribution >= 4 is 48.5 Å². The van der Waals surface area contributed by atoms with Crippen molar-refractivity contribution in [2.24, 2.45) is 5.92 Å². The summed E-state index contributed by atoms with van der Waals surface area (Å²) in [6.07, 6.45) is 7.65. The van der Waals surface area contributed by atoms with Gasteiger partial charge in [0.2, 0.25) is 0 Å². The van der Waals surface area contributed by atoms with Crippen molar-refractivity contribution in [2.45, 2.75) is 45.6 Å². The maximum Gasteiger partial charge on any atom is 0.109 e. The van der Waals surface area contributed by atoms with Gasteiger partial charge in [0.25, 0.3) is 0 Å². The van der Waals surface area contributed by atoms with Crippen molar-refractivity contribution in [3.05, 3.63) is 21.9 Å². The molecular weight excluding hydrogens is 386 g/mol. The van der Waals surface area contributed by atoms with Crippen molar-refractivity contribution in [3.63, 3.8) is 0 Å². The van der Waals surface area contributed by atoms with E-state index in [1.54, 1.807) is 11.3 Å². The molecule has 3 aromatic heterocycles. The van der Waals surface area contributed by atoms with Crippen LogP contribution in [0.15, 0.2) is 16.0 Å². The van der Waals surface area contributed by atoms with Crippen molar-refractivity contribution in [1.82, 2.24) is 14.5 Å². The van der Waals surface area contributed by atoms with Gasteiger partial charge in [0.15, 0.2) is 0 Å². The molecule has 0 saturated carbocycles. The van der Waals surface area contributed by atoms with Gasteiger partial charge < -0.3 is 9.30 Å². The van der Waals surface area contributed by atoms with E-state index in [1.165, 1.54) is 28.9 Å². The Morgan fingerprint density at radius 1 is 1.33 bits per heavy atom. The average molecular weight is 408 g/mol. The average Bonchev–Trinajstić information content (AvgIpc) is 3.13. The molecule has 3 aromatic rings. The molecule has 0 amide bonds. The van der Waals surface area contributed by atoms with E-state index in [2.05, 4.69) is 38.5 Å². The second kappa shape index (κ2) is 7.10. The molecule has 0 aromatic carbocycles. The first-order valence-corrected chi connectivity index (χ1v) is 10.4. The molecule has 0 unspecified atom stereocenters. The lowest BCUT2D eigenvalue weighted by Crippen LogP contribution is -2.21. The maximum atomic E-state index is 5.54. The predicted molar refractivity (Wildman–Crippen MR) is 103 cm³/mol. The third kappa shape index (κ3) is 3.11. The Labute approximate surface area is 154 Å². The number of thiophene rings is 1. The van der Waals surface area contributed by atoms with Crippen LogP contribution in [0, 0.1) is 5.92 Å². The summed E-state index contributed by atoms with van der Waals surface area (Å²) in [5, 5.41) is 0. The minimum atomic E-state index is 0.683. The number of ether oxygens (including phenoxy) is 1. The van der Waals surface area contributed by atoms with Crippen molar-refractivity contribution in [1.29, 1.82) is 0 Å². The van der Waals surface area contributed by atoms with E-state index in [0.717, 1.165) is 53.8 Å². The number of fused-ring (bicyclic) bond motifs is 3. The lowest BCUT2D eigenvalue weighted by atomic mass is 10.00. The van der Waals surface area contributed by atoms with E-state index in [1.807, 2.05) is 6.20 Å². The molecule has 1 fully saturated rings. The van der Waals surface area contributed by atoms with E-state index in [9.17, 15) is 0 Å². The zero-order valence-corrected chi connectivity index (χ0v) is 16.3. The smallest absolute Gasteiger partial charge is 0.109 e. The molecule has 0 N–H and O–H groups in total. The van der Waals surface area contributed by atoms with Crippen LogP contribution in [0.25, 0.3) is 21.3 Å². The van der Waals surface area contributed by atoms with E-state index < -0.39 is 0 Å². The van der Waals surface area contributed by atoms with Gasteiger partial charge in [-0.25, -0.2) is 4.98 Å². The van der Waals surface area contributed by atoms with E-state index in [4.69, 9.17) is 9.72 Å². The summed E-state index contributed by atoms with van der Waals surface area (Å²) in [5.74, 6) is 1.90. The van der Waals surface area contributed by atoms with E-state index >= 15 is 0 Å². The molecule has 6 heteroatoms. The molecule has 1 saturated heterocycles. The molecule has 0 aliphatic carbocycles. The van der Waals surface area contributed by atoms with Crippen LogP contribution in [-0.4, -0.2) is 27.7 Å². The van der Waals surface area contributed by atoms with Gasteiger partial charge in [0.05, 0.1) is 25.7 Å². The Bertz CT molecular complexity index is 851. The molecule has 0 atom stereocenters. The fraction of sp³-hybridized carbons (Fsp3) is 0.556. The van der Waals surface area contributed by atoms with Gasteiger partial charge >= 0.3 is 0 Å². The molecule has 4 heterocycles. The van der Waals surface area contributed by atoms with Crippen LogP contribution in [0.5, 0.6) is 0 Å². The Balaban J connectivity index is 1.82. The van der Waals surface area contributed by atoms with E-state index in [0.29, 0.717) is 5.92 Å². The number of aryl methyl sites for hydroxylation is 1. The number of unbranched alkanes of at least 4 members (excludes halogenated alkanes) is 1. The lowest BCUT2D eigenvalue weighted by Gasteiger charge is -2.23. The van der Waals surface area contributed by atoms with Crippen LogP contribution in [0.1, 0.15) is 38.4 Å². The Kier molecular flexibility index (Phi) is 4.88. The van der Waals surface area contributed by atoms with Crippen molar-refractivity contribution in [2.75, 3.05) is 13.2 Å². The third-order valence-corrected chi connectivity index (χ3v) is 6.47. The molecule has 0 radical (unpaired) electrons. The van der Waals surface area contributed by atoms with Crippen LogP contribution in [0.3, 0.4) is 0 Å². The van der Waals surface area contributed by atoms with Gasteiger partial charge in [-0.2, -0.15) is 0 Å². The highest BCUT2D eigenvalue weighted by Crippen LogP contribution is 2.35. The molecule has 4 nitrogen and oxygen atoms in total. The van der Waals surface area contributed by atoms with Crippen LogP contribution < -0.4 is 0 Å². The predicted octanol–water partition coefficient (Wildman–Crippen LogP) is 5.18. The maximum absolute atomic E-state index is 5.54. The molecular formula is C18H22BrN3OS. The Morgan fingerprint density at radius 3 is 2.96 bits per heavy atom. The topological polar surface area (TPSA) is 39.9 Å². The van der Waals surface area contributed by atoms with Crippen molar-refractivity contribution in [3.8, 4) is 0 Å². The summed E-state index contributed by atoms with van der Waals surface area (Å²) in [5.41, 5.74) is 3.37. The highest BCUT2D eigenvalue weighted by atomic mass is 79.9. The number of hydrogen-bond acceptors (Lipinski definition) is 4. The number of rotatable bonds is 5. The van der Waals surface area contributed by atoms with Crippen molar-refractivity contribution < 1.29 is 4.74 Å². The summed E-state index contributed by atoms with van der Waals surface area (Å²) in [7, 11) is 0. The van der Waals surface area contributed by atoms with Crippen LogP contribution >= 0.6 is 27.3 Å². The number of pyridine rings is 1. The Morgan fingerprint density at radius 2 is 2.17 bits per heavy atom. The largest absolute Gasteiger partial charge is 0.381 e. The molecule has 1 aliphatic heterocycles. The Hall–Kier alpha value is -0.980. The number of halogens is 1. The highest BCUT2D eigenvalue weighted by Gasteiger charge is 2.20. The molecule has 24 heavy (non-hydrogen) atoms. The molecule has 1 aliphatic rings. The summed E-state index contributed by atoms with van der Waals surface area (Å²) in [6, 6.07) is 2.11. The number of nitrogens with zero attached hydrogens (tertiary/aromatic N) is 3. The zero-order chi connectivity index (χ0) is 16.5. The number of hydrogen-bond donors (Lipinski definition) is 0.